The molecule has 9 nitrogen and oxygen atoms in total. The molecule has 1 saturated heterocycles. The van der Waals surface area contributed by atoms with Gasteiger partial charge in [-0.2, -0.15) is 9.37 Å². The van der Waals surface area contributed by atoms with Gasteiger partial charge < -0.3 is 15.6 Å². The molecular weight excluding hydrogens is 285 g/mol. The molecule has 1 aliphatic rings. The lowest BCUT2D eigenvalue weighted by Crippen LogP contribution is -2.25. The maximum Gasteiger partial charge on any atom is 0.307 e. The van der Waals surface area contributed by atoms with Crippen molar-refractivity contribution in [3.05, 3.63) is 16.7 Å². The lowest BCUT2D eigenvalue weighted by atomic mass is 10.0. The Kier molecular flexibility index (Phi) is 3.18. The van der Waals surface area contributed by atoms with E-state index in [1.165, 1.54) is 10.9 Å². The number of nitrogens with one attached hydrogen (secondary N) is 1. The van der Waals surface area contributed by atoms with E-state index >= 15 is 0 Å². The third kappa shape index (κ3) is 2.17. The Bertz CT molecular complexity index is 757. The number of nitrogens with two attached hydrogens (primary N) is 1. The van der Waals surface area contributed by atoms with Gasteiger partial charge in [0.1, 0.15) is 6.23 Å². The van der Waals surface area contributed by atoms with E-state index in [0.29, 0.717) is 0 Å². The van der Waals surface area contributed by atoms with Crippen molar-refractivity contribution in [3.63, 3.8) is 0 Å². The van der Waals surface area contributed by atoms with E-state index in [0.717, 1.165) is 0 Å². The van der Waals surface area contributed by atoms with Crippen molar-refractivity contribution in [2.24, 2.45) is 5.92 Å². The Hall–Kier alpha value is -2.33. The number of hydrogen-bond donors (Lipinski definition) is 3. The summed E-state index contributed by atoms with van der Waals surface area (Å²) in [7, 11) is 0. The van der Waals surface area contributed by atoms with Crippen LogP contribution in [0.25, 0.3) is 11.2 Å². The molecule has 3 rings (SSSR count). The highest BCUT2D eigenvalue weighted by Crippen LogP contribution is 2.35. The van der Waals surface area contributed by atoms with E-state index in [1.54, 1.807) is 0 Å². The number of aliphatic hydroxyl groups is 1. The van der Waals surface area contributed by atoms with Gasteiger partial charge in [0.15, 0.2) is 11.2 Å². The summed E-state index contributed by atoms with van der Waals surface area (Å²) in [5, 5.41) is 9.14. The van der Waals surface area contributed by atoms with Gasteiger partial charge in [0.25, 0.3) is 5.56 Å². The molecule has 1 aliphatic heterocycles. The van der Waals surface area contributed by atoms with Crippen LogP contribution in [-0.4, -0.2) is 43.4 Å². The molecule has 10 heteroatoms. The van der Waals surface area contributed by atoms with Crippen molar-refractivity contribution in [2.75, 3.05) is 12.3 Å². The smallest absolute Gasteiger partial charge is 0.307 e. The number of nitrogens with zero attached hydrogens (tertiary/aromatic N) is 3. The van der Waals surface area contributed by atoms with Crippen LogP contribution in [0.3, 0.4) is 0 Å². The zero-order valence-corrected chi connectivity index (χ0v) is 10.7. The van der Waals surface area contributed by atoms with Crippen molar-refractivity contribution in [1.29, 1.82) is 0 Å². The second-order valence-corrected chi connectivity index (χ2v) is 4.73. The number of aliphatic hydroxyl groups excluding tert-OH is 1. The van der Waals surface area contributed by atoms with Gasteiger partial charge in [0.05, 0.1) is 25.0 Å². The lowest BCUT2D eigenvalue weighted by molar-refractivity contribution is -0.136. The first-order chi connectivity index (χ1) is 10.0. The number of halogens is 1. The Morgan fingerprint density at radius 3 is 3.05 bits per heavy atom. The number of hydrogen-bond acceptors (Lipinski definition) is 7. The molecule has 0 radical (unpaired) electrons. The molecule has 0 saturated carbocycles. The van der Waals surface area contributed by atoms with Crippen LogP contribution in [0.2, 0.25) is 0 Å². The third-order valence-electron chi connectivity index (χ3n) is 3.47. The van der Waals surface area contributed by atoms with E-state index in [2.05, 4.69) is 15.0 Å². The summed E-state index contributed by atoms with van der Waals surface area (Å²) >= 11 is 0. The van der Waals surface area contributed by atoms with E-state index < -0.39 is 36.5 Å². The molecule has 2 aromatic heterocycles. The number of aromatic amines is 1. The van der Waals surface area contributed by atoms with Gasteiger partial charge in [0, 0.05) is 6.42 Å². The van der Waals surface area contributed by atoms with Gasteiger partial charge >= 0.3 is 6.04 Å². The second kappa shape index (κ2) is 4.90. The van der Waals surface area contributed by atoms with Gasteiger partial charge in [0.2, 0.25) is 5.95 Å². The second-order valence-electron chi connectivity index (χ2n) is 4.73. The average molecular weight is 297 g/mol. The van der Waals surface area contributed by atoms with Gasteiger partial charge in [-0.25, -0.2) is 4.98 Å². The minimum Gasteiger partial charge on any atom is -0.394 e. The number of aromatic nitrogens is 4. The Labute approximate surface area is 116 Å². The first-order valence-corrected chi connectivity index (χ1v) is 6.19. The monoisotopic (exact) mass is 297 g/mol. The van der Waals surface area contributed by atoms with Crippen molar-refractivity contribution >= 4 is 23.1 Å². The summed E-state index contributed by atoms with van der Waals surface area (Å²) in [5.74, 6) is -1.15. The first kappa shape index (κ1) is 13.6. The summed E-state index contributed by atoms with van der Waals surface area (Å²) < 4.78 is 19.8. The van der Waals surface area contributed by atoms with Gasteiger partial charge in [-0.1, -0.05) is 0 Å². The largest absolute Gasteiger partial charge is 0.394 e. The quantitative estimate of drug-likeness (QED) is 0.624. The third-order valence-corrected chi connectivity index (χ3v) is 3.47. The molecular formula is C11H12FN5O4. The topological polar surface area (TPSA) is 136 Å². The van der Waals surface area contributed by atoms with Crippen molar-refractivity contribution < 1.29 is 19.0 Å². The fraction of sp³-hybridized carbons (Fsp3) is 0.455. The Balaban J connectivity index is 2.02. The zero-order valence-electron chi connectivity index (χ0n) is 10.7. The highest BCUT2D eigenvalue weighted by atomic mass is 19.1. The molecule has 3 atom stereocenters. The summed E-state index contributed by atoms with van der Waals surface area (Å²) in [5.41, 5.74) is 5.20. The number of ether oxygens (including phenoxy) is 1. The number of anilines is 1. The fourth-order valence-corrected chi connectivity index (χ4v) is 2.46. The first-order valence-electron chi connectivity index (χ1n) is 6.19. The number of carbonyl (C=O) groups excluding carboxylic acids is 1. The van der Waals surface area contributed by atoms with Gasteiger partial charge in [-0.3, -0.25) is 19.1 Å². The van der Waals surface area contributed by atoms with E-state index in [9.17, 15) is 14.0 Å². The van der Waals surface area contributed by atoms with Crippen LogP contribution >= 0.6 is 0 Å². The van der Waals surface area contributed by atoms with E-state index in [1.807, 2.05) is 0 Å². The fourth-order valence-electron chi connectivity index (χ4n) is 2.46. The molecule has 2 aromatic rings. The molecule has 0 bridgehead atoms. The van der Waals surface area contributed by atoms with Crippen LogP contribution < -0.4 is 11.3 Å². The molecule has 0 aromatic carbocycles. The summed E-state index contributed by atoms with van der Waals surface area (Å²) in [6.45, 7) is -0.487. The van der Waals surface area contributed by atoms with Gasteiger partial charge in [-0.15, -0.1) is 0 Å². The van der Waals surface area contributed by atoms with Crippen LogP contribution in [0, 0.1) is 5.92 Å². The number of nitrogen functional groups attached to an aromatic ring is 1. The van der Waals surface area contributed by atoms with Crippen molar-refractivity contribution in [3.8, 4) is 0 Å². The number of carbonyl (C=O) groups is 1. The van der Waals surface area contributed by atoms with Crippen molar-refractivity contribution in [1.82, 2.24) is 19.5 Å². The molecule has 0 amide bonds. The minimum absolute atomic E-state index is 0.0143. The highest BCUT2D eigenvalue weighted by molar-refractivity contribution is 5.73. The van der Waals surface area contributed by atoms with E-state index in [-0.39, 0.29) is 23.5 Å². The number of fused-ring (bicyclic) bond motifs is 1. The van der Waals surface area contributed by atoms with Crippen molar-refractivity contribution in [2.45, 2.75) is 18.8 Å². The molecule has 4 N–H and O–H groups in total. The average Bonchev–Trinajstić information content (AvgIpc) is 3.01. The van der Waals surface area contributed by atoms with Gasteiger partial charge in [-0.05, 0) is 0 Å². The lowest BCUT2D eigenvalue weighted by Gasteiger charge is -2.13. The maximum absolute atomic E-state index is 13.0. The molecule has 0 unspecified atom stereocenters. The standard InChI is InChI=1S/C11H12FN5O4/c12-8(19)4-1-6(21-5(4)2-18)17-3-14-7-9(17)15-11(13)16-10(7)20/h3-6,18H,1-2H2,(H3,13,15,16,20)/t4-,5+,6+/m0/s1. The summed E-state index contributed by atoms with van der Waals surface area (Å²) in [6.07, 6.45) is -0.383. The molecule has 0 aliphatic carbocycles. The molecule has 21 heavy (non-hydrogen) atoms. The SMILES string of the molecule is Nc1nc2c(ncn2[C@H]2C[C@H](C(=O)F)[C@@H](CO)O2)c(=O)[nH]1. The predicted octanol–water partition coefficient (Wildman–Crippen LogP) is -0.906. The van der Waals surface area contributed by atoms with Crippen LogP contribution in [0.15, 0.2) is 11.1 Å². The van der Waals surface area contributed by atoms with Crippen LogP contribution in [0.5, 0.6) is 0 Å². The minimum atomic E-state index is -1.55. The maximum atomic E-state index is 13.0. The molecule has 0 spiro atoms. The zero-order chi connectivity index (χ0) is 15.1. The number of imidazole rings is 1. The Morgan fingerprint density at radius 2 is 2.43 bits per heavy atom. The number of rotatable bonds is 3. The van der Waals surface area contributed by atoms with E-state index in [4.69, 9.17) is 15.6 Å². The summed E-state index contributed by atoms with van der Waals surface area (Å²) in [6, 6.07) is -1.55. The van der Waals surface area contributed by atoms with Crippen LogP contribution in [0.1, 0.15) is 12.6 Å². The number of H-pyrrole nitrogens is 1. The predicted molar refractivity (Wildman–Crippen MR) is 67.8 cm³/mol. The highest BCUT2D eigenvalue weighted by Gasteiger charge is 2.41. The van der Waals surface area contributed by atoms with Crippen LogP contribution in [-0.2, 0) is 9.53 Å². The molecule has 112 valence electrons. The normalized spacial score (nSPS) is 25.5. The van der Waals surface area contributed by atoms with Crippen LogP contribution in [0.4, 0.5) is 10.3 Å². The summed E-state index contributed by atoms with van der Waals surface area (Å²) in [4.78, 5) is 32.8. The molecule has 1 fully saturated rings. The molecule has 3 heterocycles. The Morgan fingerprint density at radius 1 is 1.67 bits per heavy atom.